The standard InChI is InChI=1S/C14H16N4O5/c1-2-3-8-15-13(19)11-14(20)16-12(17(11)21)9-4-6-10(7-5-9)18(22)23/h4-7,20-21H,2-3,8H2,1H3,(H,15,19). The lowest BCUT2D eigenvalue weighted by atomic mass is 10.2. The highest BCUT2D eigenvalue weighted by atomic mass is 16.6. The van der Waals surface area contributed by atoms with Crippen molar-refractivity contribution in [3.63, 3.8) is 0 Å². The molecule has 1 aromatic heterocycles. The number of carbonyl (C=O) groups excluding carboxylic acids is 1. The molecule has 0 saturated carbocycles. The molecule has 0 aliphatic heterocycles. The van der Waals surface area contributed by atoms with E-state index in [4.69, 9.17) is 0 Å². The van der Waals surface area contributed by atoms with Gasteiger partial charge in [0.05, 0.1) is 4.92 Å². The van der Waals surface area contributed by atoms with E-state index >= 15 is 0 Å². The molecule has 0 aliphatic rings. The molecule has 1 amide bonds. The van der Waals surface area contributed by atoms with E-state index in [2.05, 4.69) is 10.3 Å². The van der Waals surface area contributed by atoms with Gasteiger partial charge < -0.3 is 15.6 Å². The third-order valence-corrected chi connectivity index (χ3v) is 3.20. The predicted molar refractivity (Wildman–Crippen MR) is 80.4 cm³/mol. The van der Waals surface area contributed by atoms with Crippen LogP contribution in [0.2, 0.25) is 0 Å². The van der Waals surface area contributed by atoms with Crippen LogP contribution in [0.5, 0.6) is 5.88 Å². The summed E-state index contributed by atoms with van der Waals surface area (Å²) in [6.07, 6.45) is 1.65. The molecule has 0 radical (unpaired) electrons. The summed E-state index contributed by atoms with van der Waals surface area (Å²) < 4.78 is 0.470. The van der Waals surface area contributed by atoms with Gasteiger partial charge >= 0.3 is 0 Å². The maximum Gasteiger partial charge on any atom is 0.277 e. The van der Waals surface area contributed by atoms with Crippen molar-refractivity contribution in [2.75, 3.05) is 6.54 Å². The zero-order valence-electron chi connectivity index (χ0n) is 12.4. The highest BCUT2D eigenvalue weighted by molar-refractivity contribution is 5.95. The van der Waals surface area contributed by atoms with E-state index in [1.54, 1.807) is 0 Å². The minimum atomic E-state index is -0.654. The Morgan fingerprint density at radius 2 is 2.04 bits per heavy atom. The fraction of sp³-hybridized carbons (Fsp3) is 0.286. The van der Waals surface area contributed by atoms with Gasteiger partial charge in [0.15, 0.2) is 5.82 Å². The average Bonchev–Trinajstić information content (AvgIpc) is 2.82. The van der Waals surface area contributed by atoms with Crippen molar-refractivity contribution >= 4 is 11.6 Å². The van der Waals surface area contributed by atoms with Crippen molar-refractivity contribution in [2.24, 2.45) is 0 Å². The highest BCUT2D eigenvalue weighted by Crippen LogP contribution is 2.26. The minimum Gasteiger partial charge on any atom is -0.492 e. The third-order valence-electron chi connectivity index (χ3n) is 3.20. The number of nitrogens with zero attached hydrogens (tertiary/aromatic N) is 3. The average molecular weight is 320 g/mol. The lowest BCUT2D eigenvalue weighted by molar-refractivity contribution is -0.384. The number of non-ortho nitro benzene ring substituents is 1. The first kappa shape index (κ1) is 16.3. The molecule has 23 heavy (non-hydrogen) atoms. The fourth-order valence-electron chi connectivity index (χ4n) is 1.98. The van der Waals surface area contributed by atoms with Crippen molar-refractivity contribution < 1.29 is 20.0 Å². The van der Waals surface area contributed by atoms with Gasteiger partial charge in [-0.3, -0.25) is 14.9 Å². The molecule has 0 unspecified atom stereocenters. The van der Waals surface area contributed by atoms with Gasteiger partial charge in [-0.25, -0.2) is 0 Å². The van der Waals surface area contributed by atoms with Crippen LogP contribution < -0.4 is 5.32 Å². The summed E-state index contributed by atoms with van der Waals surface area (Å²) in [6, 6.07) is 5.21. The summed E-state index contributed by atoms with van der Waals surface area (Å²) in [5, 5.41) is 33.0. The number of carbonyl (C=O) groups is 1. The lowest BCUT2D eigenvalue weighted by Crippen LogP contribution is -2.26. The molecule has 0 saturated heterocycles. The van der Waals surface area contributed by atoms with Crippen LogP contribution in [-0.4, -0.2) is 37.4 Å². The van der Waals surface area contributed by atoms with Gasteiger partial charge in [-0.15, -0.1) is 0 Å². The van der Waals surface area contributed by atoms with E-state index in [0.29, 0.717) is 16.8 Å². The lowest BCUT2D eigenvalue weighted by Gasteiger charge is -2.05. The first-order valence-corrected chi connectivity index (χ1v) is 6.99. The number of amides is 1. The number of imidazole rings is 1. The predicted octanol–water partition coefficient (Wildman–Crippen LogP) is 1.93. The van der Waals surface area contributed by atoms with Crippen LogP contribution in [0.1, 0.15) is 30.3 Å². The number of hydrogen-bond donors (Lipinski definition) is 3. The van der Waals surface area contributed by atoms with Gasteiger partial charge in [0.1, 0.15) is 0 Å². The molecular weight excluding hydrogens is 304 g/mol. The Morgan fingerprint density at radius 3 is 2.61 bits per heavy atom. The molecule has 3 N–H and O–H groups in total. The smallest absolute Gasteiger partial charge is 0.277 e. The summed E-state index contributed by atoms with van der Waals surface area (Å²) >= 11 is 0. The van der Waals surface area contributed by atoms with Gasteiger partial charge in [-0.1, -0.05) is 13.3 Å². The van der Waals surface area contributed by atoms with E-state index in [0.717, 1.165) is 12.8 Å². The van der Waals surface area contributed by atoms with E-state index in [1.807, 2.05) is 6.92 Å². The Labute approximate surface area is 131 Å². The summed E-state index contributed by atoms with van der Waals surface area (Å²) in [5.74, 6) is -1.35. The number of aromatic hydroxyl groups is 1. The number of unbranched alkanes of at least 4 members (excludes halogenated alkanes) is 1. The zero-order chi connectivity index (χ0) is 17.0. The maximum absolute atomic E-state index is 12.0. The Bertz CT molecular complexity index is 724. The second-order valence-electron chi connectivity index (χ2n) is 4.83. The number of nitrogens with one attached hydrogen (secondary N) is 1. The van der Waals surface area contributed by atoms with Crippen molar-refractivity contribution in [3.05, 3.63) is 40.1 Å². The number of benzene rings is 1. The molecule has 2 rings (SSSR count). The summed E-state index contributed by atoms with van der Waals surface area (Å²) in [4.78, 5) is 25.8. The molecule has 0 fully saturated rings. The van der Waals surface area contributed by atoms with Crippen LogP contribution in [0.15, 0.2) is 24.3 Å². The van der Waals surface area contributed by atoms with Crippen LogP contribution >= 0.6 is 0 Å². The molecule has 0 spiro atoms. The number of nitro groups is 1. The molecule has 0 aliphatic carbocycles. The second kappa shape index (κ2) is 6.77. The van der Waals surface area contributed by atoms with Crippen molar-refractivity contribution in [2.45, 2.75) is 19.8 Å². The highest BCUT2D eigenvalue weighted by Gasteiger charge is 2.23. The molecule has 1 aromatic carbocycles. The Hall–Kier alpha value is -3.10. The van der Waals surface area contributed by atoms with Gasteiger partial charge in [0.2, 0.25) is 11.6 Å². The SMILES string of the molecule is CCCCNC(=O)c1c(O)nc(-c2ccc([N+](=O)[O-])cc2)n1O. The van der Waals surface area contributed by atoms with Crippen LogP contribution in [-0.2, 0) is 0 Å². The monoisotopic (exact) mass is 320 g/mol. The second-order valence-corrected chi connectivity index (χ2v) is 4.83. The Balaban J connectivity index is 2.29. The van der Waals surface area contributed by atoms with Crippen molar-refractivity contribution in [3.8, 4) is 17.3 Å². The van der Waals surface area contributed by atoms with Gasteiger partial charge in [-0.05, 0) is 18.6 Å². The summed E-state index contributed by atoms with van der Waals surface area (Å²) in [7, 11) is 0. The van der Waals surface area contributed by atoms with E-state index < -0.39 is 16.7 Å². The Kier molecular flexibility index (Phi) is 4.79. The largest absolute Gasteiger partial charge is 0.492 e. The molecule has 0 bridgehead atoms. The van der Waals surface area contributed by atoms with Gasteiger partial charge in [0.25, 0.3) is 11.6 Å². The molecule has 9 heteroatoms. The van der Waals surface area contributed by atoms with Crippen LogP contribution in [0.25, 0.3) is 11.4 Å². The van der Waals surface area contributed by atoms with E-state index in [9.17, 15) is 25.2 Å². The molecule has 122 valence electrons. The van der Waals surface area contributed by atoms with Crippen LogP contribution in [0.4, 0.5) is 5.69 Å². The quantitative estimate of drug-likeness (QED) is 0.322. The normalized spacial score (nSPS) is 10.5. The number of rotatable bonds is 6. The van der Waals surface area contributed by atoms with Crippen LogP contribution in [0, 0.1) is 10.1 Å². The van der Waals surface area contributed by atoms with Gasteiger partial charge in [-0.2, -0.15) is 9.71 Å². The number of hydrogen-bond acceptors (Lipinski definition) is 6. The first-order valence-electron chi connectivity index (χ1n) is 6.99. The molecule has 9 nitrogen and oxygen atoms in total. The first-order chi connectivity index (χ1) is 11.0. The Morgan fingerprint density at radius 1 is 1.39 bits per heavy atom. The molecule has 0 atom stereocenters. The number of nitro benzene ring substituents is 1. The number of aromatic nitrogens is 2. The summed E-state index contributed by atoms with van der Waals surface area (Å²) in [6.45, 7) is 2.37. The van der Waals surface area contributed by atoms with Crippen molar-refractivity contribution in [1.29, 1.82) is 0 Å². The maximum atomic E-state index is 12.0. The zero-order valence-corrected chi connectivity index (χ0v) is 12.4. The summed E-state index contributed by atoms with van der Waals surface area (Å²) in [5.41, 5.74) is -0.179. The molecule has 2 aromatic rings. The van der Waals surface area contributed by atoms with Crippen molar-refractivity contribution in [1.82, 2.24) is 15.0 Å². The molecule has 1 heterocycles. The minimum absolute atomic E-state index is 0.0851. The fourth-order valence-corrected chi connectivity index (χ4v) is 1.98. The molecular formula is C14H16N4O5. The third kappa shape index (κ3) is 3.39. The van der Waals surface area contributed by atoms with Gasteiger partial charge in [0, 0.05) is 24.2 Å². The van der Waals surface area contributed by atoms with E-state index in [-0.39, 0.29) is 17.2 Å². The van der Waals surface area contributed by atoms with Crippen LogP contribution in [0.3, 0.4) is 0 Å². The topological polar surface area (TPSA) is 131 Å². The van der Waals surface area contributed by atoms with E-state index in [1.165, 1.54) is 24.3 Å².